The van der Waals surface area contributed by atoms with Gasteiger partial charge in [0, 0.05) is 11.8 Å². The number of thiocyanates is 1. The van der Waals surface area contributed by atoms with Crippen LogP contribution in [0.2, 0.25) is 0 Å². The van der Waals surface area contributed by atoms with Crippen molar-refractivity contribution in [1.82, 2.24) is 0 Å². The van der Waals surface area contributed by atoms with E-state index in [1.807, 2.05) is 30.3 Å². The smallest absolute Gasteiger partial charge is 0.226 e. The molecule has 2 nitrogen and oxygen atoms in total. The van der Waals surface area contributed by atoms with E-state index in [9.17, 15) is 4.79 Å². The van der Waals surface area contributed by atoms with Gasteiger partial charge in [0.2, 0.25) is 5.12 Å². The number of thioether (sulfide) groups is 1. The summed E-state index contributed by atoms with van der Waals surface area (Å²) in [4.78, 5) is 10.9. The Labute approximate surface area is 80.9 Å². The molecule has 1 aromatic rings. The lowest BCUT2D eigenvalue weighted by Crippen LogP contribution is -1.80. The zero-order valence-electron chi connectivity index (χ0n) is 6.81. The van der Waals surface area contributed by atoms with Crippen molar-refractivity contribution in [3.05, 3.63) is 42.0 Å². The molecule has 0 fully saturated rings. The Kier molecular flexibility index (Phi) is 3.80. The minimum Gasteiger partial charge on any atom is -0.281 e. The molecule has 0 aliphatic rings. The highest BCUT2D eigenvalue weighted by Gasteiger charge is 1.93. The monoisotopic (exact) mass is 189 g/mol. The van der Waals surface area contributed by atoms with E-state index in [2.05, 4.69) is 0 Å². The molecular weight excluding hydrogens is 182 g/mol. The zero-order chi connectivity index (χ0) is 9.52. The molecule has 0 N–H and O–H groups in total. The molecule has 0 saturated carbocycles. The first-order valence-electron chi connectivity index (χ1n) is 3.66. The number of benzene rings is 1. The van der Waals surface area contributed by atoms with Gasteiger partial charge < -0.3 is 0 Å². The lowest BCUT2D eigenvalue weighted by Gasteiger charge is -1.88. The highest BCUT2D eigenvalue weighted by Crippen LogP contribution is 2.04. The molecule has 0 aromatic heterocycles. The Morgan fingerprint density at radius 3 is 2.69 bits per heavy atom. The number of nitrogens with zero attached hydrogens (tertiary/aromatic N) is 1. The van der Waals surface area contributed by atoms with Crippen LogP contribution < -0.4 is 0 Å². The van der Waals surface area contributed by atoms with Crippen LogP contribution in [0.5, 0.6) is 0 Å². The number of hydrogen-bond acceptors (Lipinski definition) is 3. The van der Waals surface area contributed by atoms with Gasteiger partial charge in [-0.15, -0.1) is 0 Å². The van der Waals surface area contributed by atoms with Crippen LogP contribution in [0.3, 0.4) is 0 Å². The van der Waals surface area contributed by atoms with E-state index in [1.165, 1.54) is 6.08 Å². The highest BCUT2D eigenvalue weighted by molar-refractivity contribution is 8.17. The minimum atomic E-state index is -0.244. The van der Waals surface area contributed by atoms with Crippen molar-refractivity contribution >= 4 is 23.0 Å². The van der Waals surface area contributed by atoms with Gasteiger partial charge in [-0.1, -0.05) is 36.4 Å². The van der Waals surface area contributed by atoms with E-state index >= 15 is 0 Å². The molecular formula is C10H7NOS. The molecule has 13 heavy (non-hydrogen) atoms. The van der Waals surface area contributed by atoms with Crippen molar-refractivity contribution in [3.8, 4) is 5.40 Å². The second-order valence-electron chi connectivity index (χ2n) is 2.26. The molecule has 0 aliphatic heterocycles. The summed E-state index contributed by atoms with van der Waals surface area (Å²) in [6.07, 6.45) is 3.08. The molecule has 0 amide bonds. The van der Waals surface area contributed by atoms with Crippen LogP contribution in [0, 0.1) is 10.7 Å². The quantitative estimate of drug-likeness (QED) is 0.530. The van der Waals surface area contributed by atoms with E-state index in [0.717, 1.165) is 5.56 Å². The minimum absolute atomic E-state index is 0.244. The molecule has 0 aliphatic carbocycles. The van der Waals surface area contributed by atoms with Crippen molar-refractivity contribution < 1.29 is 4.79 Å². The molecule has 0 radical (unpaired) electrons. The van der Waals surface area contributed by atoms with Crippen LogP contribution in [0.15, 0.2) is 36.4 Å². The van der Waals surface area contributed by atoms with Crippen molar-refractivity contribution in [2.24, 2.45) is 0 Å². The first-order valence-corrected chi connectivity index (χ1v) is 4.47. The summed E-state index contributed by atoms with van der Waals surface area (Å²) < 4.78 is 0. The molecule has 0 unspecified atom stereocenters. The molecule has 0 spiro atoms. The molecule has 0 heterocycles. The number of nitriles is 1. The van der Waals surface area contributed by atoms with Crippen molar-refractivity contribution in [2.45, 2.75) is 0 Å². The molecule has 1 aromatic carbocycles. The van der Waals surface area contributed by atoms with Crippen molar-refractivity contribution in [2.75, 3.05) is 0 Å². The van der Waals surface area contributed by atoms with Gasteiger partial charge in [0.1, 0.15) is 5.40 Å². The Hall–Kier alpha value is -1.53. The lowest BCUT2D eigenvalue weighted by atomic mass is 10.2. The fourth-order valence-corrected chi connectivity index (χ4v) is 1.03. The van der Waals surface area contributed by atoms with E-state index in [4.69, 9.17) is 5.26 Å². The Bertz CT molecular complexity index is 351. The maximum absolute atomic E-state index is 10.9. The standard InChI is InChI=1S/C10H7NOS/c11-8-13-10(12)7-6-9-4-2-1-3-5-9/h1-7H. The molecule has 1 rings (SSSR count). The predicted octanol–water partition coefficient (Wildman–Crippen LogP) is 2.44. The summed E-state index contributed by atoms with van der Waals surface area (Å²) in [7, 11) is 0. The highest BCUT2D eigenvalue weighted by atomic mass is 32.2. The number of carbonyl (C=O) groups is 1. The van der Waals surface area contributed by atoms with E-state index in [-0.39, 0.29) is 5.12 Å². The summed E-state index contributed by atoms with van der Waals surface area (Å²) in [5.74, 6) is 0. The van der Waals surface area contributed by atoms with Gasteiger partial charge in [0.25, 0.3) is 0 Å². The Balaban J connectivity index is 2.60. The summed E-state index contributed by atoms with van der Waals surface area (Å²) in [5.41, 5.74) is 0.953. The van der Waals surface area contributed by atoms with Crippen molar-refractivity contribution in [3.63, 3.8) is 0 Å². The number of carbonyl (C=O) groups excluding carboxylic acids is 1. The average Bonchev–Trinajstić information content (AvgIpc) is 2.17. The maximum atomic E-state index is 10.9. The van der Waals surface area contributed by atoms with Gasteiger partial charge in [-0.05, 0) is 11.6 Å². The van der Waals surface area contributed by atoms with Gasteiger partial charge in [-0.3, -0.25) is 4.79 Å². The molecule has 64 valence electrons. The largest absolute Gasteiger partial charge is 0.281 e. The molecule has 3 heteroatoms. The van der Waals surface area contributed by atoms with Gasteiger partial charge in [0.05, 0.1) is 0 Å². The van der Waals surface area contributed by atoms with Crippen LogP contribution in [0.1, 0.15) is 5.56 Å². The Morgan fingerprint density at radius 1 is 1.38 bits per heavy atom. The van der Waals surface area contributed by atoms with Gasteiger partial charge in [0.15, 0.2) is 0 Å². The van der Waals surface area contributed by atoms with Gasteiger partial charge in [-0.2, -0.15) is 5.26 Å². The van der Waals surface area contributed by atoms with Crippen LogP contribution in [0.4, 0.5) is 0 Å². The maximum Gasteiger partial charge on any atom is 0.226 e. The SMILES string of the molecule is N#CSC(=O)C=Cc1ccccc1. The average molecular weight is 189 g/mol. The predicted molar refractivity (Wildman–Crippen MR) is 53.7 cm³/mol. The van der Waals surface area contributed by atoms with E-state index in [0.29, 0.717) is 11.8 Å². The summed E-state index contributed by atoms with van der Waals surface area (Å²) in [6, 6.07) is 9.47. The number of hydrogen-bond donors (Lipinski definition) is 0. The van der Waals surface area contributed by atoms with Crippen LogP contribution >= 0.6 is 11.8 Å². The third kappa shape index (κ3) is 3.59. The molecule has 0 bridgehead atoms. The Morgan fingerprint density at radius 2 is 2.08 bits per heavy atom. The zero-order valence-corrected chi connectivity index (χ0v) is 7.62. The second kappa shape index (κ2) is 5.18. The van der Waals surface area contributed by atoms with Crippen LogP contribution in [-0.4, -0.2) is 5.12 Å². The van der Waals surface area contributed by atoms with Gasteiger partial charge in [-0.25, -0.2) is 0 Å². The second-order valence-corrected chi connectivity index (χ2v) is 3.05. The fraction of sp³-hybridized carbons (Fsp3) is 0. The van der Waals surface area contributed by atoms with Crippen LogP contribution in [-0.2, 0) is 4.79 Å². The summed E-state index contributed by atoms with van der Waals surface area (Å²) in [6.45, 7) is 0. The topological polar surface area (TPSA) is 40.9 Å². The third-order valence-corrected chi connectivity index (χ3v) is 1.79. The molecule has 0 saturated heterocycles. The third-order valence-electron chi connectivity index (χ3n) is 1.36. The van der Waals surface area contributed by atoms with Crippen molar-refractivity contribution in [1.29, 1.82) is 5.26 Å². The normalized spacial score (nSPS) is 9.77. The van der Waals surface area contributed by atoms with Gasteiger partial charge >= 0.3 is 0 Å². The number of rotatable bonds is 2. The van der Waals surface area contributed by atoms with Crippen LogP contribution in [0.25, 0.3) is 6.08 Å². The summed E-state index contributed by atoms with van der Waals surface area (Å²) >= 11 is 0.630. The van der Waals surface area contributed by atoms with E-state index in [1.54, 1.807) is 11.5 Å². The summed E-state index contributed by atoms with van der Waals surface area (Å²) in [5, 5.41) is 9.67. The van der Waals surface area contributed by atoms with E-state index < -0.39 is 0 Å². The first kappa shape index (κ1) is 9.56. The molecule has 0 atom stereocenters. The first-order chi connectivity index (χ1) is 6.33. The lowest BCUT2D eigenvalue weighted by molar-refractivity contribution is -0.106. The fourth-order valence-electron chi connectivity index (χ4n) is 0.807.